The van der Waals surface area contributed by atoms with Gasteiger partial charge in [-0.2, -0.15) is 6.42 Å². The second kappa shape index (κ2) is 8.21. The van der Waals surface area contributed by atoms with E-state index in [1.165, 1.54) is 12.8 Å². The van der Waals surface area contributed by atoms with Crippen molar-refractivity contribution in [1.29, 1.82) is 0 Å². The zero-order valence-electron chi connectivity index (χ0n) is 4.90. The molecule has 0 unspecified atom stereocenters. The molecule has 0 aliphatic carbocycles. The van der Waals surface area contributed by atoms with E-state index in [9.17, 15) is 0 Å². The predicted molar refractivity (Wildman–Crippen MR) is 29.9 cm³/mol. The zero-order valence-corrected chi connectivity index (χ0v) is 7.90. The molecule has 1 fully saturated rings. The maximum Gasteiger partial charge on any atom is 2.00 e. The summed E-state index contributed by atoms with van der Waals surface area (Å²) in [5, 5.41) is 0. The second-order valence-electron chi connectivity index (χ2n) is 1.53. The quantitative estimate of drug-likeness (QED) is 0.315. The fourth-order valence-electron chi connectivity index (χ4n) is 0.580. The Kier molecular flexibility index (Phi) is 12.2. The van der Waals surface area contributed by atoms with Crippen LogP contribution in [0.15, 0.2) is 0 Å². The molecule has 44 valence electrons. The molecule has 1 rings (SSSR count). The Morgan fingerprint density at radius 3 is 2.12 bits per heavy atom. The normalized spacial score (nSPS) is 18.0. The minimum atomic E-state index is 0. The van der Waals surface area contributed by atoms with E-state index >= 15 is 0 Å². The minimum Gasteiger partial charge on any atom is -1.00 e. The third kappa shape index (κ3) is 5.35. The van der Waals surface area contributed by atoms with Gasteiger partial charge in [-0.1, -0.05) is 6.42 Å². The molecule has 0 aromatic heterocycles. The minimum absolute atomic E-state index is 0. The molecule has 0 atom stereocenters. The Morgan fingerprint density at radius 2 is 2.00 bits per heavy atom. The van der Waals surface area contributed by atoms with Gasteiger partial charge in [0, 0.05) is 6.61 Å². The van der Waals surface area contributed by atoms with Gasteiger partial charge in [0.2, 0.25) is 0 Å². The van der Waals surface area contributed by atoms with Crippen LogP contribution in [0.3, 0.4) is 0 Å². The van der Waals surface area contributed by atoms with E-state index in [-0.39, 0.29) is 40.0 Å². The van der Waals surface area contributed by atoms with Gasteiger partial charge in [-0.05, 0) is 6.42 Å². The smallest absolute Gasteiger partial charge is 1.00 e. The van der Waals surface area contributed by atoms with Crippen LogP contribution < -0.4 is 17.0 Å². The van der Waals surface area contributed by atoms with Crippen molar-refractivity contribution in [3.05, 3.63) is 6.61 Å². The number of hydrogen-bond donors (Lipinski definition) is 0. The second-order valence-corrected chi connectivity index (χ2v) is 1.53. The molecule has 3 heteroatoms. The fraction of sp³-hybridized carbons (Fsp3) is 0.800. The molecule has 1 nitrogen and oxygen atoms in total. The average Bonchev–Trinajstić information content (AvgIpc) is 1.72. The van der Waals surface area contributed by atoms with E-state index < -0.39 is 0 Å². The van der Waals surface area contributed by atoms with Crippen LogP contribution in [0.2, 0.25) is 0 Å². The van der Waals surface area contributed by atoms with E-state index in [1.807, 2.05) is 6.61 Å². The fourth-order valence-corrected chi connectivity index (χ4v) is 0.580. The molecule has 0 spiro atoms. The van der Waals surface area contributed by atoms with Crippen LogP contribution in [-0.2, 0) is 4.74 Å². The molecule has 0 radical (unpaired) electrons. The summed E-state index contributed by atoms with van der Waals surface area (Å²) in [5.41, 5.74) is 0. The Labute approximate surface area is 77.1 Å². The van der Waals surface area contributed by atoms with Crippen molar-refractivity contribution in [1.82, 2.24) is 0 Å². The first-order valence-corrected chi connectivity index (χ1v) is 2.43. The summed E-state index contributed by atoms with van der Waals surface area (Å²) in [6.07, 6.45) is 3.72. The first-order valence-electron chi connectivity index (χ1n) is 2.43. The summed E-state index contributed by atoms with van der Waals surface area (Å²) < 4.78 is 4.94. The molecule has 0 aromatic rings. The Bertz CT molecular complexity index is 27.9. The van der Waals surface area contributed by atoms with Crippen molar-refractivity contribution in [2.24, 2.45) is 0 Å². The largest absolute Gasteiger partial charge is 2.00 e. The van der Waals surface area contributed by atoms with Gasteiger partial charge < -0.3 is 21.7 Å². The van der Waals surface area contributed by atoms with Crippen molar-refractivity contribution >= 4 is 23.1 Å². The molecule has 1 aliphatic heterocycles. The SMILES string of the molecule is [Br-].[CH-]1CCCCO1.[Mg+2]. The van der Waals surface area contributed by atoms with E-state index in [0.29, 0.717) is 0 Å². The molecular weight excluding hydrogens is 180 g/mol. The van der Waals surface area contributed by atoms with Crippen molar-refractivity contribution < 1.29 is 21.7 Å². The summed E-state index contributed by atoms with van der Waals surface area (Å²) in [5.74, 6) is 0. The maximum atomic E-state index is 4.94. The molecule has 0 amide bonds. The van der Waals surface area contributed by atoms with Gasteiger partial charge in [0.05, 0.1) is 0 Å². The topological polar surface area (TPSA) is 9.23 Å². The zero-order chi connectivity index (χ0) is 4.24. The predicted octanol–water partition coefficient (Wildman–Crippen LogP) is -2.03. The molecule has 1 heterocycles. The number of halogens is 1. The third-order valence-electron chi connectivity index (χ3n) is 0.952. The van der Waals surface area contributed by atoms with Crippen LogP contribution in [0.5, 0.6) is 0 Å². The van der Waals surface area contributed by atoms with Gasteiger partial charge in [0.1, 0.15) is 0 Å². The molecule has 1 aliphatic rings. The maximum absolute atomic E-state index is 4.94. The molecule has 0 N–H and O–H groups in total. The van der Waals surface area contributed by atoms with Gasteiger partial charge in [-0.25, -0.2) is 6.61 Å². The van der Waals surface area contributed by atoms with Crippen molar-refractivity contribution in [2.75, 3.05) is 6.61 Å². The summed E-state index contributed by atoms with van der Waals surface area (Å²) in [7, 11) is 0. The molecule has 0 aromatic carbocycles. The molecule has 8 heavy (non-hydrogen) atoms. The van der Waals surface area contributed by atoms with Gasteiger partial charge in [-0.15, -0.1) is 0 Å². The first kappa shape index (κ1) is 11.9. The Hall–Kier alpha value is 1.21. The van der Waals surface area contributed by atoms with Crippen LogP contribution >= 0.6 is 0 Å². The van der Waals surface area contributed by atoms with Crippen LogP contribution in [-0.4, -0.2) is 29.7 Å². The van der Waals surface area contributed by atoms with Crippen LogP contribution in [0.25, 0.3) is 0 Å². The van der Waals surface area contributed by atoms with Gasteiger partial charge in [0.15, 0.2) is 0 Å². The van der Waals surface area contributed by atoms with Crippen molar-refractivity contribution in [2.45, 2.75) is 19.3 Å². The standard InChI is InChI=1S/C5H9O.BrH.Mg/c1-2-4-6-5-3-1;;/h4H,1-3,5H2;1H;/q-1;;+2/p-1. The van der Waals surface area contributed by atoms with Gasteiger partial charge in [0.25, 0.3) is 0 Å². The van der Waals surface area contributed by atoms with Gasteiger partial charge in [-0.3, -0.25) is 0 Å². The number of ether oxygens (including phenoxy) is 1. The molecule has 1 saturated heterocycles. The molecule has 0 bridgehead atoms. The van der Waals surface area contributed by atoms with Gasteiger partial charge >= 0.3 is 23.1 Å². The van der Waals surface area contributed by atoms with E-state index in [2.05, 4.69) is 0 Å². The number of rotatable bonds is 0. The molecule has 0 saturated carbocycles. The Morgan fingerprint density at radius 1 is 1.25 bits per heavy atom. The summed E-state index contributed by atoms with van der Waals surface area (Å²) in [4.78, 5) is 0. The monoisotopic (exact) mass is 188 g/mol. The summed E-state index contributed by atoms with van der Waals surface area (Å²) in [6.45, 7) is 2.84. The molecular formula is C5H9BrMgO. The third-order valence-corrected chi connectivity index (χ3v) is 0.952. The Balaban J connectivity index is 0. The number of hydrogen-bond acceptors (Lipinski definition) is 1. The summed E-state index contributed by atoms with van der Waals surface area (Å²) in [6, 6.07) is 0. The van der Waals surface area contributed by atoms with Crippen molar-refractivity contribution in [3.8, 4) is 0 Å². The van der Waals surface area contributed by atoms with Crippen molar-refractivity contribution in [3.63, 3.8) is 0 Å². The average molecular weight is 189 g/mol. The van der Waals surface area contributed by atoms with E-state index in [1.54, 1.807) is 0 Å². The van der Waals surface area contributed by atoms with E-state index in [0.717, 1.165) is 13.0 Å². The van der Waals surface area contributed by atoms with Crippen LogP contribution in [0.4, 0.5) is 0 Å². The van der Waals surface area contributed by atoms with Crippen LogP contribution in [0, 0.1) is 6.61 Å². The van der Waals surface area contributed by atoms with E-state index in [4.69, 9.17) is 4.74 Å². The van der Waals surface area contributed by atoms with Crippen LogP contribution in [0.1, 0.15) is 19.3 Å². The first-order chi connectivity index (χ1) is 3.00. The summed E-state index contributed by atoms with van der Waals surface area (Å²) >= 11 is 0.